The molecule has 1 fully saturated rings. The molecule has 2 aromatic rings. The molecule has 1 heterocycles. The van der Waals surface area contributed by atoms with E-state index in [2.05, 4.69) is 0 Å². The van der Waals surface area contributed by atoms with Gasteiger partial charge in [0.2, 0.25) is 0 Å². The van der Waals surface area contributed by atoms with Crippen molar-refractivity contribution in [2.24, 2.45) is 0 Å². The number of carbonyl (C=O) groups excluding carboxylic acids is 2. The number of hydrogen-bond acceptors (Lipinski definition) is 5. The summed E-state index contributed by atoms with van der Waals surface area (Å²) in [5, 5.41) is 11.2. The average molecular weight is 380 g/mol. The van der Waals surface area contributed by atoms with Crippen molar-refractivity contribution < 1.29 is 14.7 Å². The van der Waals surface area contributed by atoms with Crippen LogP contribution in [0.3, 0.4) is 0 Å². The lowest BCUT2D eigenvalue weighted by Gasteiger charge is -2.17. The molecule has 0 bridgehead atoms. The first-order chi connectivity index (χ1) is 12.5. The van der Waals surface area contributed by atoms with Crippen molar-refractivity contribution in [1.82, 2.24) is 0 Å². The Hall–Kier alpha value is -2.70. The fourth-order valence-corrected chi connectivity index (χ4v) is 3.73. The van der Waals surface area contributed by atoms with Crippen LogP contribution >= 0.6 is 24.0 Å². The van der Waals surface area contributed by atoms with Gasteiger partial charge in [0.1, 0.15) is 0 Å². The average Bonchev–Trinajstić information content (AvgIpc) is 2.90. The molecule has 1 aliphatic rings. The number of thioether (sulfide) groups is 1. The summed E-state index contributed by atoms with van der Waals surface area (Å²) in [4.78, 5) is 25.7. The maximum absolute atomic E-state index is 12.7. The van der Waals surface area contributed by atoms with E-state index in [9.17, 15) is 14.7 Å². The quantitative estimate of drug-likeness (QED) is 0.602. The second-order valence-corrected chi connectivity index (χ2v) is 7.27. The molecule has 4 nitrogen and oxygen atoms in total. The molecule has 1 amide bonds. The Morgan fingerprint density at radius 2 is 1.92 bits per heavy atom. The number of carbonyl (C=O) groups is 2. The van der Waals surface area contributed by atoms with Gasteiger partial charge in [-0.05, 0) is 36.3 Å². The Bertz CT molecular complexity index is 949. The van der Waals surface area contributed by atoms with E-state index >= 15 is 0 Å². The smallest absolute Gasteiger partial charge is 0.270 e. The number of carboxylic acids is 1. The fraction of sp³-hybridized carbons (Fsp3) is 0.0500. The SMILES string of the molecule is Cc1ccc(N2C(=O)/C(=C/C=C/c3ccccc3)SC2=S)cc1C(=O)[O-]. The molecule has 0 atom stereocenters. The summed E-state index contributed by atoms with van der Waals surface area (Å²) in [6.07, 6.45) is 5.40. The number of aryl methyl sites for hydroxylation is 1. The van der Waals surface area contributed by atoms with Crippen LogP contribution in [0, 0.1) is 6.92 Å². The molecule has 130 valence electrons. The van der Waals surface area contributed by atoms with E-state index < -0.39 is 5.97 Å². The second-order valence-electron chi connectivity index (χ2n) is 5.60. The molecule has 0 aromatic heterocycles. The minimum atomic E-state index is -1.28. The number of carboxylic acid groups (broad SMARTS) is 1. The van der Waals surface area contributed by atoms with Crippen LogP contribution in [0.15, 0.2) is 65.6 Å². The maximum atomic E-state index is 12.7. The summed E-state index contributed by atoms with van der Waals surface area (Å²) in [5.41, 5.74) is 2.06. The fourth-order valence-electron chi connectivity index (χ4n) is 2.48. The number of thiocarbonyl (C=S) groups is 1. The molecule has 2 aromatic carbocycles. The van der Waals surface area contributed by atoms with Crippen LogP contribution in [0.25, 0.3) is 6.08 Å². The summed E-state index contributed by atoms with van der Waals surface area (Å²) in [7, 11) is 0. The second kappa shape index (κ2) is 7.68. The third-order valence-corrected chi connectivity index (χ3v) is 5.15. The van der Waals surface area contributed by atoms with E-state index in [4.69, 9.17) is 12.2 Å². The van der Waals surface area contributed by atoms with Crippen molar-refractivity contribution in [3.05, 3.63) is 82.3 Å². The zero-order chi connectivity index (χ0) is 18.7. The van der Waals surface area contributed by atoms with Crippen molar-refractivity contribution in [1.29, 1.82) is 0 Å². The number of rotatable bonds is 4. The lowest BCUT2D eigenvalue weighted by molar-refractivity contribution is -0.255. The first-order valence-electron chi connectivity index (χ1n) is 7.79. The summed E-state index contributed by atoms with van der Waals surface area (Å²) < 4.78 is 0.363. The van der Waals surface area contributed by atoms with Gasteiger partial charge in [0.05, 0.1) is 16.6 Å². The van der Waals surface area contributed by atoms with E-state index in [1.807, 2.05) is 36.4 Å². The Balaban J connectivity index is 1.85. The molecule has 0 N–H and O–H groups in total. The summed E-state index contributed by atoms with van der Waals surface area (Å²) in [6, 6.07) is 14.5. The molecule has 6 heteroatoms. The third-order valence-electron chi connectivity index (χ3n) is 3.83. The van der Waals surface area contributed by atoms with Crippen LogP contribution in [0.1, 0.15) is 21.5 Å². The summed E-state index contributed by atoms with van der Waals surface area (Å²) in [6.45, 7) is 1.67. The number of nitrogens with zero attached hydrogens (tertiary/aromatic N) is 1. The normalized spacial score (nSPS) is 16.0. The van der Waals surface area contributed by atoms with E-state index in [1.54, 1.807) is 31.2 Å². The molecule has 3 rings (SSSR count). The predicted molar refractivity (Wildman–Crippen MR) is 107 cm³/mol. The minimum Gasteiger partial charge on any atom is -0.545 e. The molecule has 0 spiro atoms. The monoisotopic (exact) mass is 380 g/mol. The largest absolute Gasteiger partial charge is 0.545 e. The Morgan fingerprint density at radius 1 is 1.19 bits per heavy atom. The van der Waals surface area contributed by atoms with Crippen molar-refractivity contribution in [3.63, 3.8) is 0 Å². The topological polar surface area (TPSA) is 60.4 Å². The molecule has 0 aliphatic carbocycles. The number of amides is 1. The highest BCUT2D eigenvalue weighted by Crippen LogP contribution is 2.35. The third kappa shape index (κ3) is 3.76. The van der Waals surface area contributed by atoms with Crippen molar-refractivity contribution >= 4 is 51.9 Å². The molecule has 26 heavy (non-hydrogen) atoms. The molecular formula is C20H14NO3S2-. The van der Waals surface area contributed by atoms with Crippen LogP contribution < -0.4 is 10.0 Å². The molecule has 1 aliphatic heterocycles. The zero-order valence-electron chi connectivity index (χ0n) is 13.8. The Kier molecular flexibility index (Phi) is 5.35. The maximum Gasteiger partial charge on any atom is 0.270 e. The van der Waals surface area contributed by atoms with Gasteiger partial charge in [0.25, 0.3) is 5.91 Å². The number of aromatic carboxylic acids is 1. The van der Waals surface area contributed by atoms with Gasteiger partial charge in [0.15, 0.2) is 4.32 Å². The van der Waals surface area contributed by atoms with Crippen molar-refractivity contribution in [2.75, 3.05) is 4.90 Å². The van der Waals surface area contributed by atoms with Gasteiger partial charge in [-0.2, -0.15) is 0 Å². The lowest BCUT2D eigenvalue weighted by Crippen LogP contribution is -2.29. The van der Waals surface area contributed by atoms with Crippen LogP contribution in [0.5, 0.6) is 0 Å². The number of hydrogen-bond donors (Lipinski definition) is 0. The molecule has 0 radical (unpaired) electrons. The van der Waals surface area contributed by atoms with E-state index in [0.29, 0.717) is 20.5 Å². The van der Waals surface area contributed by atoms with E-state index in [0.717, 1.165) is 5.56 Å². The zero-order valence-corrected chi connectivity index (χ0v) is 15.5. The standard InChI is InChI=1S/C20H15NO3S2/c1-13-10-11-15(12-16(13)19(23)24)21-18(22)17(26-20(21)25)9-5-8-14-6-3-2-4-7-14/h2-12H,1H3,(H,23,24)/p-1/b8-5+,17-9-. The van der Waals surface area contributed by atoms with Gasteiger partial charge in [-0.25, -0.2) is 0 Å². The summed E-state index contributed by atoms with van der Waals surface area (Å²) >= 11 is 6.49. The number of allylic oxidation sites excluding steroid dienone is 2. The molecule has 0 saturated carbocycles. The molecule has 0 unspecified atom stereocenters. The minimum absolute atomic E-state index is 0.0458. The van der Waals surface area contributed by atoms with Gasteiger partial charge in [-0.3, -0.25) is 9.69 Å². The van der Waals surface area contributed by atoms with Gasteiger partial charge < -0.3 is 9.90 Å². The highest BCUT2D eigenvalue weighted by molar-refractivity contribution is 8.27. The lowest BCUT2D eigenvalue weighted by atomic mass is 10.1. The first-order valence-corrected chi connectivity index (χ1v) is 9.01. The number of benzene rings is 2. The Morgan fingerprint density at radius 3 is 2.62 bits per heavy atom. The highest BCUT2D eigenvalue weighted by Gasteiger charge is 2.33. The van der Waals surface area contributed by atoms with Crippen molar-refractivity contribution in [2.45, 2.75) is 6.92 Å². The highest BCUT2D eigenvalue weighted by atomic mass is 32.2. The van der Waals surface area contributed by atoms with Gasteiger partial charge >= 0.3 is 0 Å². The predicted octanol–water partition coefficient (Wildman–Crippen LogP) is 3.32. The van der Waals surface area contributed by atoms with Gasteiger partial charge in [-0.1, -0.05) is 72.5 Å². The van der Waals surface area contributed by atoms with Crippen LogP contribution in [0.4, 0.5) is 5.69 Å². The molecular weight excluding hydrogens is 366 g/mol. The number of anilines is 1. The Labute approximate surface area is 160 Å². The van der Waals surface area contributed by atoms with Crippen LogP contribution in [-0.2, 0) is 4.79 Å². The van der Waals surface area contributed by atoms with Gasteiger partial charge in [0, 0.05) is 5.56 Å². The van der Waals surface area contributed by atoms with E-state index in [-0.39, 0.29) is 11.5 Å². The van der Waals surface area contributed by atoms with Crippen LogP contribution in [-0.4, -0.2) is 16.2 Å². The van der Waals surface area contributed by atoms with Gasteiger partial charge in [-0.15, -0.1) is 0 Å². The van der Waals surface area contributed by atoms with E-state index in [1.165, 1.54) is 22.7 Å². The summed E-state index contributed by atoms with van der Waals surface area (Å²) in [5.74, 6) is -1.55. The first kappa shape index (κ1) is 18.1. The molecule has 1 saturated heterocycles. The van der Waals surface area contributed by atoms with Crippen LogP contribution in [0.2, 0.25) is 0 Å². The van der Waals surface area contributed by atoms with Crippen molar-refractivity contribution in [3.8, 4) is 0 Å².